The number of hydrogen-bond donors (Lipinski definition) is 1. The van der Waals surface area contributed by atoms with Gasteiger partial charge in [0.2, 0.25) is 0 Å². The molecule has 0 aromatic heterocycles. The van der Waals surface area contributed by atoms with E-state index in [-0.39, 0.29) is 11.6 Å². The molecule has 18 heavy (non-hydrogen) atoms. The Bertz CT molecular complexity index is 438. The lowest BCUT2D eigenvalue weighted by atomic mass is 10.1. The third-order valence-electron chi connectivity index (χ3n) is 2.44. The molecule has 0 amide bonds. The number of anilines is 1. The summed E-state index contributed by atoms with van der Waals surface area (Å²) in [5.41, 5.74) is 1.10. The molecule has 3 nitrogen and oxygen atoms in total. The number of aliphatic imine (C=N–C) groups is 1. The molecule has 1 aliphatic rings. The van der Waals surface area contributed by atoms with E-state index in [1.54, 1.807) is 11.8 Å². The van der Waals surface area contributed by atoms with Crippen molar-refractivity contribution in [1.82, 2.24) is 0 Å². The lowest BCUT2D eigenvalue weighted by Gasteiger charge is -2.11. The van der Waals surface area contributed by atoms with Crippen LogP contribution in [0, 0.1) is 0 Å². The molecule has 0 bridgehead atoms. The minimum atomic E-state index is 0.0493. The molecule has 1 aliphatic heterocycles. The molecule has 0 atom stereocenters. The first-order chi connectivity index (χ1) is 8.44. The first kappa shape index (κ1) is 13.3. The maximum atomic E-state index is 5.61. The molecule has 1 N–H and O–H groups in total. The molecule has 98 valence electrons. The Hall–Kier alpha value is -1.16. The van der Waals surface area contributed by atoms with Crippen molar-refractivity contribution < 1.29 is 4.74 Å². The van der Waals surface area contributed by atoms with Crippen molar-refractivity contribution in [2.75, 3.05) is 11.1 Å². The SMILES string of the molecule is CC(C)Oc1ccc(NC2=NC(C)(C)CS2)cc1. The minimum absolute atomic E-state index is 0.0493. The topological polar surface area (TPSA) is 33.6 Å². The Kier molecular flexibility index (Phi) is 3.85. The lowest BCUT2D eigenvalue weighted by Crippen LogP contribution is -2.15. The highest BCUT2D eigenvalue weighted by Gasteiger charge is 2.25. The van der Waals surface area contributed by atoms with Gasteiger partial charge in [0.15, 0.2) is 5.17 Å². The van der Waals surface area contributed by atoms with E-state index in [9.17, 15) is 0 Å². The van der Waals surface area contributed by atoms with E-state index in [1.807, 2.05) is 38.1 Å². The van der Waals surface area contributed by atoms with E-state index in [4.69, 9.17) is 4.74 Å². The van der Waals surface area contributed by atoms with Crippen LogP contribution in [0.2, 0.25) is 0 Å². The molecule has 1 heterocycles. The molecule has 0 saturated carbocycles. The van der Waals surface area contributed by atoms with E-state index >= 15 is 0 Å². The second-order valence-corrected chi connectivity index (χ2v) is 6.30. The summed E-state index contributed by atoms with van der Waals surface area (Å²) in [6.45, 7) is 8.35. The normalized spacial score (nSPS) is 17.7. The molecular formula is C14H20N2OS. The van der Waals surface area contributed by atoms with Crippen LogP contribution in [0.4, 0.5) is 5.69 Å². The summed E-state index contributed by atoms with van der Waals surface area (Å²) in [7, 11) is 0. The van der Waals surface area contributed by atoms with Crippen LogP contribution in [0.3, 0.4) is 0 Å². The fourth-order valence-electron chi connectivity index (χ4n) is 1.66. The van der Waals surface area contributed by atoms with Crippen LogP contribution in [0.25, 0.3) is 0 Å². The fraction of sp³-hybridized carbons (Fsp3) is 0.500. The highest BCUT2D eigenvalue weighted by Crippen LogP contribution is 2.28. The van der Waals surface area contributed by atoms with Crippen molar-refractivity contribution in [1.29, 1.82) is 0 Å². The molecule has 0 spiro atoms. The maximum absolute atomic E-state index is 5.61. The van der Waals surface area contributed by atoms with Crippen molar-refractivity contribution >= 4 is 22.6 Å². The van der Waals surface area contributed by atoms with E-state index in [1.165, 1.54) is 0 Å². The van der Waals surface area contributed by atoms with Gasteiger partial charge in [-0.2, -0.15) is 0 Å². The minimum Gasteiger partial charge on any atom is -0.491 e. The molecule has 1 aromatic rings. The van der Waals surface area contributed by atoms with Gasteiger partial charge in [-0.25, -0.2) is 0 Å². The second-order valence-electron chi connectivity index (χ2n) is 5.33. The van der Waals surface area contributed by atoms with Crippen LogP contribution < -0.4 is 10.1 Å². The van der Waals surface area contributed by atoms with Gasteiger partial charge in [-0.3, -0.25) is 4.99 Å². The Balaban J connectivity index is 1.99. The van der Waals surface area contributed by atoms with Gasteiger partial charge in [0.1, 0.15) is 5.75 Å². The standard InChI is InChI=1S/C14H20N2OS/c1-10(2)17-12-7-5-11(6-8-12)15-13-16-14(3,4)9-18-13/h5-8,10H,9H2,1-4H3,(H,15,16). The molecular weight excluding hydrogens is 244 g/mol. The molecule has 0 fully saturated rings. The van der Waals surface area contributed by atoms with Crippen LogP contribution in [0.1, 0.15) is 27.7 Å². The van der Waals surface area contributed by atoms with Crippen LogP contribution >= 0.6 is 11.8 Å². The van der Waals surface area contributed by atoms with Crippen molar-refractivity contribution in [2.45, 2.75) is 39.3 Å². The summed E-state index contributed by atoms with van der Waals surface area (Å²) in [6.07, 6.45) is 0.208. The first-order valence-corrected chi connectivity index (χ1v) is 7.20. The van der Waals surface area contributed by atoms with Crippen molar-refractivity contribution in [2.24, 2.45) is 4.99 Å². The molecule has 0 saturated heterocycles. The fourth-order valence-corrected chi connectivity index (χ4v) is 2.72. The predicted octanol–water partition coefficient (Wildman–Crippen LogP) is 3.77. The van der Waals surface area contributed by atoms with Gasteiger partial charge in [0, 0.05) is 11.4 Å². The average Bonchev–Trinajstić information content (AvgIpc) is 2.60. The van der Waals surface area contributed by atoms with E-state index in [0.29, 0.717) is 0 Å². The van der Waals surface area contributed by atoms with E-state index in [0.717, 1.165) is 22.4 Å². The highest BCUT2D eigenvalue weighted by atomic mass is 32.2. The second kappa shape index (κ2) is 5.22. The van der Waals surface area contributed by atoms with Crippen molar-refractivity contribution in [3.63, 3.8) is 0 Å². The zero-order valence-electron chi connectivity index (χ0n) is 11.4. The average molecular weight is 264 g/mol. The summed E-state index contributed by atoms with van der Waals surface area (Å²) < 4.78 is 5.61. The zero-order chi connectivity index (χ0) is 13.2. The summed E-state index contributed by atoms with van der Waals surface area (Å²) in [5.74, 6) is 1.93. The quantitative estimate of drug-likeness (QED) is 0.902. The van der Waals surface area contributed by atoms with E-state index < -0.39 is 0 Å². The van der Waals surface area contributed by atoms with Gasteiger partial charge in [0.25, 0.3) is 0 Å². The summed E-state index contributed by atoms with van der Waals surface area (Å²) >= 11 is 1.77. The number of thioether (sulfide) groups is 1. The summed E-state index contributed by atoms with van der Waals surface area (Å²) in [4.78, 5) is 4.62. The first-order valence-electron chi connectivity index (χ1n) is 6.21. The number of nitrogens with zero attached hydrogens (tertiary/aromatic N) is 1. The number of amidine groups is 1. The smallest absolute Gasteiger partial charge is 0.161 e. The molecule has 0 aliphatic carbocycles. The van der Waals surface area contributed by atoms with Crippen molar-refractivity contribution in [3.05, 3.63) is 24.3 Å². The Labute approximate surface area is 113 Å². The molecule has 4 heteroatoms. The van der Waals surface area contributed by atoms with Crippen LogP contribution in [-0.2, 0) is 0 Å². The molecule has 1 aromatic carbocycles. The van der Waals surface area contributed by atoms with E-state index in [2.05, 4.69) is 24.2 Å². The van der Waals surface area contributed by atoms with Gasteiger partial charge in [-0.05, 0) is 52.0 Å². The van der Waals surface area contributed by atoms with Gasteiger partial charge in [0.05, 0.1) is 11.6 Å². The van der Waals surface area contributed by atoms with Gasteiger partial charge in [-0.15, -0.1) is 0 Å². The third-order valence-corrected chi connectivity index (χ3v) is 3.76. The zero-order valence-corrected chi connectivity index (χ0v) is 12.2. The number of hydrogen-bond acceptors (Lipinski definition) is 4. The Morgan fingerprint density at radius 1 is 1.28 bits per heavy atom. The summed E-state index contributed by atoms with van der Waals surface area (Å²) in [6, 6.07) is 8.00. The monoisotopic (exact) mass is 264 g/mol. The molecule has 0 unspecified atom stereocenters. The van der Waals surface area contributed by atoms with Crippen LogP contribution in [-0.4, -0.2) is 22.6 Å². The number of benzene rings is 1. The van der Waals surface area contributed by atoms with Gasteiger partial charge in [-0.1, -0.05) is 11.8 Å². The molecule has 0 radical (unpaired) electrons. The predicted molar refractivity (Wildman–Crippen MR) is 79.8 cm³/mol. The number of rotatable bonds is 3. The largest absolute Gasteiger partial charge is 0.491 e. The Morgan fingerprint density at radius 2 is 1.94 bits per heavy atom. The Morgan fingerprint density at radius 3 is 2.44 bits per heavy atom. The van der Waals surface area contributed by atoms with Crippen LogP contribution in [0.5, 0.6) is 5.75 Å². The highest BCUT2D eigenvalue weighted by molar-refractivity contribution is 8.14. The molecule has 2 rings (SSSR count). The maximum Gasteiger partial charge on any atom is 0.161 e. The van der Waals surface area contributed by atoms with Crippen molar-refractivity contribution in [3.8, 4) is 5.75 Å². The number of nitrogens with one attached hydrogen (secondary N) is 1. The van der Waals surface area contributed by atoms with Gasteiger partial charge >= 0.3 is 0 Å². The lowest BCUT2D eigenvalue weighted by molar-refractivity contribution is 0.242. The summed E-state index contributed by atoms with van der Waals surface area (Å²) in [5, 5.41) is 4.33. The number of ether oxygens (including phenoxy) is 1. The third kappa shape index (κ3) is 3.67. The van der Waals surface area contributed by atoms with Gasteiger partial charge < -0.3 is 10.1 Å². The van der Waals surface area contributed by atoms with Crippen LogP contribution in [0.15, 0.2) is 29.3 Å².